The number of rotatable bonds is 4. The molecule has 106 valence electrons. The second kappa shape index (κ2) is 6.96. The van der Waals surface area contributed by atoms with E-state index in [0.717, 1.165) is 5.56 Å². The Balaban J connectivity index is 2.93. The first-order valence-electron chi connectivity index (χ1n) is 6.11. The molecule has 0 N–H and O–H groups in total. The molecule has 5 heteroatoms. The first-order chi connectivity index (χ1) is 8.75. The summed E-state index contributed by atoms with van der Waals surface area (Å²) in [5.41, 5.74) is 0.894. The lowest BCUT2D eigenvalue weighted by Gasteiger charge is -2.29. The van der Waals surface area contributed by atoms with E-state index in [-0.39, 0.29) is 22.7 Å². The molecule has 0 aliphatic heterocycles. The molecule has 2 unspecified atom stereocenters. The van der Waals surface area contributed by atoms with Gasteiger partial charge in [0, 0.05) is 17.1 Å². The Kier molecular flexibility index (Phi) is 6.15. The van der Waals surface area contributed by atoms with E-state index in [0.29, 0.717) is 10.0 Å². The smallest absolute Gasteiger partial charge is 0.236 e. The molecule has 0 bridgehead atoms. The number of alkyl halides is 1. The Morgan fingerprint density at radius 2 is 1.84 bits per heavy atom. The lowest BCUT2D eigenvalue weighted by molar-refractivity contribution is -0.131. The molecule has 0 fully saturated rings. The van der Waals surface area contributed by atoms with Gasteiger partial charge < -0.3 is 4.90 Å². The molecule has 2 nitrogen and oxygen atoms in total. The Hall–Kier alpha value is -0.250. The van der Waals surface area contributed by atoms with E-state index in [1.54, 1.807) is 24.1 Å². The normalized spacial score (nSPS) is 14.3. The van der Waals surface area contributed by atoms with Gasteiger partial charge >= 0.3 is 0 Å². The maximum atomic E-state index is 12.3. The monoisotopic (exact) mass is 365 g/mol. The van der Waals surface area contributed by atoms with E-state index in [4.69, 9.17) is 23.2 Å². The van der Waals surface area contributed by atoms with E-state index in [2.05, 4.69) is 15.9 Å². The number of hydrogen-bond donors (Lipinski definition) is 0. The van der Waals surface area contributed by atoms with Gasteiger partial charge in [0.15, 0.2) is 0 Å². The van der Waals surface area contributed by atoms with E-state index in [1.807, 2.05) is 26.8 Å². The molecule has 0 aromatic heterocycles. The van der Waals surface area contributed by atoms with Crippen molar-refractivity contribution in [1.29, 1.82) is 0 Å². The number of nitrogens with zero attached hydrogens (tertiary/aromatic N) is 1. The predicted molar refractivity (Wildman–Crippen MR) is 85.2 cm³/mol. The maximum Gasteiger partial charge on any atom is 0.236 e. The van der Waals surface area contributed by atoms with Crippen LogP contribution in [0.4, 0.5) is 0 Å². The van der Waals surface area contributed by atoms with Crippen molar-refractivity contribution in [3.63, 3.8) is 0 Å². The minimum atomic E-state index is -0.189. The summed E-state index contributed by atoms with van der Waals surface area (Å²) in [7, 11) is 1.79. The Labute approximate surface area is 133 Å². The zero-order valence-corrected chi connectivity index (χ0v) is 14.6. The molecule has 0 aliphatic carbocycles. The third kappa shape index (κ3) is 4.11. The van der Waals surface area contributed by atoms with Gasteiger partial charge in [0.1, 0.15) is 0 Å². The van der Waals surface area contributed by atoms with Crippen LogP contribution in [0.1, 0.15) is 32.4 Å². The van der Waals surface area contributed by atoms with Crippen molar-refractivity contribution < 1.29 is 4.79 Å². The SMILES string of the molecule is CC(C)C(Br)C(=O)N(C)C(C)c1ccc(Cl)cc1Cl. The fourth-order valence-corrected chi connectivity index (χ4v) is 2.61. The molecule has 0 heterocycles. The van der Waals surface area contributed by atoms with Crippen molar-refractivity contribution >= 4 is 45.0 Å². The standard InChI is InChI=1S/C14H18BrCl2NO/c1-8(2)13(15)14(19)18(4)9(3)11-6-5-10(16)7-12(11)17/h5-9,13H,1-4H3. The summed E-state index contributed by atoms with van der Waals surface area (Å²) in [6.07, 6.45) is 0. The molecule has 19 heavy (non-hydrogen) atoms. The lowest BCUT2D eigenvalue weighted by Crippen LogP contribution is -2.37. The number of carbonyl (C=O) groups is 1. The maximum absolute atomic E-state index is 12.3. The Morgan fingerprint density at radius 1 is 1.26 bits per heavy atom. The molecular weight excluding hydrogens is 349 g/mol. The van der Waals surface area contributed by atoms with Crippen molar-refractivity contribution in [2.24, 2.45) is 5.92 Å². The summed E-state index contributed by atoms with van der Waals surface area (Å²) in [5.74, 6) is 0.288. The van der Waals surface area contributed by atoms with Gasteiger partial charge in [-0.05, 0) is 30.5 Å². The molecule has 0 spiro atoms. The van der Waals surface area contributed by atoms with Crippen LogP contribution in [0.3, 0.4) is 0 Å². The van der Waals surface area contributed by atoms with E-state index >= 15 is 0 Å². The molecule has 0 saturated carbocycles. The number of halogens is 3. The van der Waals surface area contributed by atoms with Crippen LogP contribution in [0.15, 0.2) is 18.2 Å². The molecule has 1 aromatic carbocycles. The van der Waals surface area contributed by atoms with Gasteiger partial charge in [0.25, 0.3) is 0 Å². The van der Waals surface area contributed by atoms with E-state index < -0.39 is 0 Å². The van der Waals surface area contributed by atoms with Crippen LogP contribution in [-0.2, 0) is 4.79 Å². The van der Waals surface area contributed by atoms with Gasteiger partial charge in [0.05, 0.1) is 10.9 Å². The van der Waals surface area contributed by atoms with Crippen LogP contribution >= 0.6 is 39.1 Å². The fourth-order valence-electron chi connectivity index (χ4n) is 1.72. The molecule has 1 rings (SSSR count). The molecule has 0 aliphatic rings. The van der Waals surface area contributed by atoms with Gasteiger partial charge in [-0.2, -0.15) is 0 Å². The van der Waals surface area contributed by atoms with Crippen LogP contribution < -0.4 is 0 Å². The zero-order valence-electron chi connectivity index (χ0n) is 11.5. The van der Waals surface area contributed by atoms with Gasteiger partial charge in [-0.1, -0.05) is 59.0 Å². The number of hydrogen-bond acceptors (Lipinski definition) is 1. The third-order valence-electron chi connectivity index (χ3n) is 3.16. The second-order valence-corrected chi connectivity index (χ2v) is 6.77. The average molecular weight is 367 g/mol. The lowest BCUT2D eigenvalue weighted by atomic mass is 10.1. The molecule has 2 atom stereocenters. The van der Waals surface area contributed by atoms with Gasteiger partial charge in [-0.3, -0.25) is 4.79 Å². The Bertz CT molecular complexity index is 465. The highest BCUT2D eigenvalue weighted by Crippen LogP contribution is 2.30. The highest BCUT2D eigenvalue weighted by atomic mass is 79.9. The zero-order chi connectivity index (χ0) is 14.7. The molecule has 0 radical (unpaired) electrons. The van der Waals surface area contributed by atoms with Crippen molar-refractivity contribution in [2.45, 2.75) is 31.6 Å². The predicted octanol–water partition coefficient (Wildman–Crippen LogP) is 4.93. The molecular formula is C14H18BrCl2NO. The first kappa shape index (κ1) is 16.8. The van der Waals surface area contributed by atoms with Gasteiger partial charge in [-0.25, -0.2) is 0 Å². The highest BCUT2D eigenvalue weighted by molar-refractivity contribution is 9.10. The molecule has 1 amide bonds. The quantitative estimate of drug-likeness (QED) is 0.691. The fraction of sp³-hybridized carbons (Fsp3) is 0.500. The minimum Gasteiger partial charge on any atom is -0.338 e. The average Bonchev–Trinajstić information content (AvgIpc) is 2.35. The highest BCUT2D eigenvalue weighted by Gasteiger charge is 2.26. The van der Waals surface area contributed by atoms with E-state index in [9.17, 15) is 4.79 Å². The number of carbonyl (C=O) groups excluding carboxylic acids is 1. The van der Waals surface area contributed by atoms with Crippen molar-refractivity contribution in [1.82, 2.24) is 4.90 Å². The summed E-state index contributed by atoms with van der Waals surface area (Å²) < 4.78 is 0. The van der Waals surface area contributed by atoms with Gasteiger partial charge in [0.2, 0.25) is 5.91 Å². The third-order valence-corrected chi connectivity index (χ3v) is 5.17. The minimum absolute atomic E-state index is 0.0496. The summed E-state index contributed by atoms with van der Waals surface area (Å²) in [5, 5.41) is 1.17. The molecule has 1 aromatic rings. The van der Waals surface area contributed by atoms with Crippen molar-refractivity contribution in [3.05, 3.63) is 33.8 Å². The summed E-state index contributed by atoms with van der Waals surface area (Å²) >= 11 is 15.5. The number of amides is 1. The Morgan fingerprint density at radius 3 is 2.32 bits per heavy atom. The summed E-state index contributed by atoms with van der Waals surface area (Å²) in [6.45, 7) is 5.96. The summed E-state index contributed by atoms with van der Waals surface area (Å²) in [4.78, 5) is 13.8. The van der Waals surface area contributed by atoms with Crippen LogP contribution in [0.25, 0.3) is 0 Å². The topological polar surface area (TPSA) is 20.3 Å². The molecule has 0 saturated heterocycles. The van der Waals surface area contributed by atoms with Crippen LogP contribution in [0.5, 0.6) is 0 Å². The number of benzene rings is 1. The largest absolute Gasteiger partial charge is 0.338 e. The summed E-state index contributed by atoms with van der Waals surface area (Å²) in [6, 6.07) is 5.24. The van der Waals surface area contributed by atoms with Crippen LogP contribution in [0, 0.1) is 5.92 Å². The van der Waals surface area contributed by atoms with Crippen LogP contribution in [0.2, 0.25) is 10.0 Å². The van der Waals surface area contributed by atoms with Crippen LogP contribution in [-0.4, -0.2) is 22.7 Å². The van der Waals surface area contributed by atoms with Crippen molar-refractivity contribution in [3.8, 4) is 0 Å². The second-order valence-electron chi connectivity index (χ2n) is 4.94. The van der Waals surface area contributed by atoms with Gasteiger partial charge in [-0.15, -0.1) is 0 Å². The van der Waals surface area contributed by atoms with Crippen molar-refractivity contribution in [2.75, 3.05) is 7.05 Å². The van der Waals surface area contributed by atoms with E-state index in [1.165, 1.54) is 0 Å². The first-order valence-corrected chi connectivity index (χ1v) is 7.78.